The monoisotopic (exact) mass is 413 g/mol. The number of carbonyl (C=O) groups excluding carboxylic acids is 2. The molecule has 2 aliphatic rings. The van der Waals surface area contributed by atoms with Gasteiger partial charge in [0.25, 0.3) is 0 Å². The van der Waals surface area contributed by atoms with Gasteiger partial charge in [0.05, 0.1) is 12.2 Å². The van der Waals surface area contributed by atoms with Crippen molar-refractivity contribution in [2.45, 2.75) is 25.7 Å². The summed E-state index contributed by atoms with van der Waals surface area (Å²) in [7, 11) is 0. The number of piperazine rings is 1. The van der Waals surface area contributed by atoms with Gasteiger partial charge < -0.3 is 9.80 Å². The molecule has 0 aliphatic carbocycles. The van der Waals surface area contributed by atoms with E-state index >= 15 is 0 Å². The van der Waals surface area contributed by atoms with E-state index in [1.54, 1.807) is 6.92 Å². The molecule has 0 radical (unpaired) electrons. The normalized spacial score (nSPS) is 22.8. The fraction of sp³-hybridized carbons (Fsp3) is 0.524. The number of nitrogens with zero attached hydrogens (tertiary/aromatic N) is 5. The van der Waals surface area contributed by atoms with Crippen molar-refractivity contribution in [3.8, 4) is 0 Å². The van der Waals surface area contributed by atoms with Crippen molar-refractivity contribution in [3.05, 3.63) is 46.5 Å². The molecule has 1 aromatic heterocycles. The van der Waals surface area contributed by atoms with Crippen molar-refractivity contribution in [1.29, 1.82) is 0 Å². The molecule has 3 heterocycles. The summed E-state index contributed by atoms with van der Waals surface area (Å²) in [6, 6.07) is 8.60. The Bertz CT molecular complexity index is 846. The van der Waals surface area contributed by atoms with Gasteiger partial charge in [0.2, 0.25) is 11.8 Å². The van der Waals surface area contributed by atoms with Crippen molar-refractivity contribution in [1.82, 2.24) is 24.3 Å². The fourth-order valence-corrected chi connectivity index (χ4v) is 4.82. The molecule has 2 fully saturated rings. The molecule has 2 aromatic rings. The van der Waals surface area contributed by atoms with Gasteiger partial charge in [-0.2, -0.15) is 0 Å². The predicted octanol–water partition coefficient (Wildman–Crippen LogP) is 1.72. The Morgan fingerprint density at radius 2 is 1.72 bits per heavy atom. The second-order valence-electron chi connectivity index (χ2n) is 8.03. The molecule has 2 atom stereocenters. The number of hydrogen-bond donors (Lipinski definition) is 0. The average molecular weight is 414 g/mol. The number of aryl methyl sites for hydroxylation is 1. The molecule has 7 nitrogen and oxygen atoms in total. The molecule has 0 spiro atoms. The standard InChI is InChI=1S/C21H27N5O2S/c1-15-3-5-17(6-4-15)18-11-26(12-19(18)20-14-29-23-22-20)21(28)13-24-7-9-25(10-8-24)16(2)27/h3-6,14,18-19H,7-13H2,1-2H3/t18-,19+/m1/s1. The van der Waals surface area contributed by atoms with Crippen LogP contribution in [0.4, 0.5) is 0 Å². The summed E-state index contributed by atoms with van der Waals surface area (Å²) in [6.45, 7) is 8.37. The third-order valence-corrected chi connectivity index (χ3v) is 6.63. The van der Waals surface area contributed by atoms with Crippen LogP contribution in [0.15, 0.2) is 29.6 Å². The SMILES string of the molecule is CC(=O)N1CCN(CC(=O)N2C[C@H](c3ccc(C)cc3)[C@@H](c3csnn3)C2)CC1. The Hall–Kier alpha value is -2.32. The third-order valence-electron chi connectivity index (χ3n) is 6.11. The van der Waals surface area contributed by atoms with Gasteiger partial charge in [-0.3, -0.25) is 14.5 Å². The molecule has 0 N–H and O–H groups in total. The van der Waals surface area contributed by atoms with Gasteiger partial charge in [-0.15, -0.1) is 5.10 Å². The Balaban J connectivity index is 1.44. The Kier molecular flexibility index (Phi) is 5.91. The highest BCUT2D eigenvalue weighted by atomic mass is 32.1. The highest BCUT2D eigenvalue weighted by Gasteiger charge is 2.38. The van der Waals surface area contributed by atoms with Crippen LogP contribution in [-0.2, 0) is 9.59 Å². The van der Waals surface area contributed by atoms with Crippen LogP contribution in [0.2, 0.25) is 0 Å². The minimum absolute atomic E-state index is 0.108. The molecule has 29 heavy (non-hydrogen) atoms. The van der Waals surface area contributed by atoms with Gasteiger partial charge in [-0.1, -0.05) is 34.3 Å². The number of rotatable bonds is 4. The number of amides is 2. The lowest BCUT2D eigenvalue weighted by molar-refractivity contribution is -0.133. The second kappa shape index (κ2) is 8.59. The average Bonchev–Trinajstić information content (AvgIpc) is 3.39. The van der Waals surface area contributed by atoms with Crippen LogP contribution in [-0.4, -0.2) is 81.9 Å². The van der Waals surface area contributed by atoms with Crippen LogP contribution in [0, 0.1) is 6.92 Å². The molecule has 4 rings (SSSR count). The topological polar surface area (TPSA) is 69.6 Å². The van der Waals surface area contributed by atoms with Gasteiger partial charge in [0.15, 0.2) is 0 Å². The van der Waals surface area contributed by atoms with Crippen molar-refractivity contribution in [2.24, 2.45) is 0 Å². The van der Waals surface area contributed by atoms with E-state index in [0.717, 1.165) is 18.8 Å². The Labute approximate surface area is 175 Å². The highest BCUT2D eigenvalue weighted by Crippen LogP contribution is 2.39. The number of carbonyl (C=O) groups is 2. The van der Waals surface area contributed by atoms with Crippen LogP contribution in [0.25, 0.3) is 0 Å². The molecule has 154 valence electrons. The van der Waals surface area contributed by atoms with Gasteiger partial charge in [-0.25, -0.2) is 0 Å². The van der Waals surface area contributed by atoms with Gasteiger partial charge in [0.1, 0.15) is 0 Å². The fourth-order valence-electron chi connectivity index (χ4n) is 4.30. The van der Waals surface area contributed by atoms with Crippen LogP contribution < -0.4 is 0 Å². The van der Waals surface area contributed by atoms with Crippen LogP contribution in [0.3, 0.4) is 0 Å². The maximum absolute atomic E-state index is 13.0. The maximum Gasteiger partial charge on any atom is 0.236 e. The Morgan fingerprint density at radius 1 is 1.03 bits per heavy atom. The quantitative estimate of drug-likeness (QED) is 0.763. The summed E-state index contributed by atoms with van der Waals surface area (Å²) in [6.07, 6.45) is 0. The predicted molar refractivity (Wildman–Crippen MR) is 112 cm³/mol. The van der Waals surface area contributed by atoms with E-state index < -0.39 is 0 Å². The second-order valence-corrected chi connectivity index (χ2v) is 8.64. The summed E-state index contributed by atoms with van der Waals surface area (Å²) in [5.41, 5.74) is 3.46. The molecular weight excluding hydrogens is 386 g/mol. The van der Waals surface area contributed by atoms with E-state index in [0.29, 0.717) is 32.7 Å². The summed E-state index contributed by atoms with van der Waals surface area (Å²) in [5.74, 6) is 0.674. The van der Waals surface area contributed by atoms with E-state index in [2.05, 4.69) is 45.7 Å². The number of benzene rings is 1. The van der Waals surface area contributed by atoms with E-state index in [-0.39, 0.29) is 23.7 Å². The minimum Gasteiger partial charge on any atom is -0.340 e. The van der Waals surface area contributed by atoms with Crippen LogP contribution in [0.1, 0.15) is 35.6 Å². The molecule has 2 amide bonds. The largest absolute Gasteiger partial charge is 0.340 e. The summed E-state index contributed by atoms with van der Waals surface area (Å²) < 4.78 is 4.04. The summed E-state index contributed by atoms with van der Waals surface area (Å²) in [4.78, 5) is 30.5. The molecule has 0 saturated carbocycles. The Morgan fingerprint density at radius 3 is 2.34 bits per heavy atom. The van der Waals surface area contributed by atoms with Gasteiger partial charge in [-0.05, 0) is 24.0 Å². The molecule has 2 aliphatic heterocycles. The first-order valence-electron chi connectivity index (χ1n) is 10.1. The van der Waals surface area contributed by atoms with Gasteiger partial charge >= 0.3 is 0 Å². The number of hydrogen-bond acceptors (Lipinski definition) is 6. The molecule has 2 saturated heterocycles. The smallest absolute Gasteiger partial charge is 0.236 e. The first-order valence-corrected chi connectivity index (χ1v) is 10.9. The third kappa shape index (κ3) is 4.48. The van der Waals surface area contributed by atoms with E-state index in [4.69, 9.17) is 0 Å². The first-order chi connectivity index (χ1) is 14.0. The zero-order chi connectivity index (χ0) is 20.4. The van der Waals surface area contributed by atoms with Gasteiger partial charge in [0, 0.05) is 63.4 Å². The molecule has 1 aromatic carbocycles. The highest BCUT2D eigenvalue weighted by molar-refractivity contribution is 7.03. The van der Waals surface area contributed by atoms with E-state index in [9.17, 15) is 9.59 Å². The number of aromatic nitrogens is 2. The first kappa shape index (κ1) is 20.0. The lowest BCUT2D eigenvalue weighted by atomic mass is 9.87. The lowest BCUT2D eigenvalue weighted by Gasteiger charge is -2.34. The molecular formula is C21H27N5O2S. The van der Waals surface area contributed by atoms with Crippen LogP contribution >= 0.6 is 11.5 Å². The number of likely N-dealkylation sites (tertiary alicyclic amines) is 1. The zero-order valence-electron chi connectivity index (χ0n) is 17.0. The lowest BCUT2D eigenvalue weighted by Crippen LogP contribution is -2.51. The molecule has 8 heteroatoms. The van der Waals surface area contributed by atoms with Crippen LogP contribution in [0.5, 0.6) is 0 Å². The summed E-state index contributed by atoms with van der Waals surface area (Å²) >= 11 is 1.36. The maximum atomic E-state index is 13.0. The van der Waals surface area contributed by atoms with Crippen molar-refractivity contribution in [2.75, 3.05) is 45.8 Å². The molecule has 0 bridgehead atoms. The van der Waals surface area contributed by atoms with E-state index in [1.807, 2.05) is 15.2 Å². The molecule has 0 unspecified atom stereocenters. The van der Waals surface area contributed by atoms with Crippen molar-refractivity contribution >= 4 is 23.3 Å². The minimum atomic E-state index is 0.108. The summed E-state index contributed by atoms with van der Waals surface area (Å²) in [5, 5.41) is 6.31. The zero-order valence-corrected chi connectivity index (χ0v) is 17.8. The van der Waals surface area contributed by atoms with Crippen molar-refractivity contribution in [3.63, 3.8) is 0 Å². The van der Waals surface area contributed by atoms with Crippen molar-refractivity contribution < 1.29 is 9.59 Å². The van der Waals surface area contributed by atoms with E-state index in [1.165, 1.54) is 22.7 Å².